The second-order valence-electron chi connectivity index (χ2n) is 5.21. The lowest BCUT2D eigenvalue weighted by Gasteiger charge is -2.37. The zero-order valence-electron chi connectivity index (χ0n) is 10.2. The van der Waals surface area contributed by atoms with E-state index in [1.54, 1.807) is 4.90 Å². The maximum absolute atomic E-state index is 12.7. The van der Waals surface area contributed by atoms with Gasteiger partial charge >= 0.3 is 6.18 Å². The zero-order valence-corrected chi connectivity index (χ0v) is 10.2. The Morgan fingerprint density at radius 3 is 2.18 bits per heavy atom. The Hall–Kier alpha value is -0.780. The molecule has 0 saturated carbocycles. The van der Waals surface area contributed by atoms with Gasteiger partial charge in [0.1, 0.15) is 11.8 Å². The summed E-state index contributed by atoms with van der Waals surface area (Å²) in [5.74, 6) is -1.82. The number of halogens is 3. The molecule has 3 atom stereocenters. The topological polar surface area (TPSA) is 53.1 Å². The highest BCUT2D eigenvalue weighted by atomic mass is 19.4. The van der Waals surface area contributed by atoms with Gasteiger partial charge < -0.3 is 10.6 Å². The summed E-state index contributed by atoms with van der Waals surface area (Å²) < 4.78 is 38.0. The number of amidine groups is 1. The fourth-order valence-corrected chi connectivity index (χ4v) is 2.58. The molecule has 0 radical (unpaired) electrons. The summed E-state index contributed by atoms with van der Waals surface area (Å²) in [5.41, 5.74) is 5.05. The van der Waals surface area contributed by atoms with Crippen molar-refractivity contribution in [1.29, 1.82) is 5.41 Å². The highest BCUT2D eigenvalue weighted by Gasteiger charge is 2.43. The van der Waals surface area contributed by atoms with Crippen LogP contribution in [0.4, 0.5) is 13.2 Å². The van der Waals surface area contributed by atoms with Gasteiger partial charge in [-0.1, -0.05) is 13.8 Å². The number of hydrogen-bond donors (Lipinski definition) is 2. The molecular formula is C11H20F3N3. The molecule has 0 amide bonds. The first-order chi connectivity index (χ1) is 7.70. The maximum Gasteiger partial charge on any atom is 0.399 e. The van der Waals surface area contributed by atoms with Crippen molar-refractivity contribution in [2.45, 2.75) is 26.4 Å². The molecule has 17 heavy (non-hydrogen) atoms. The zero-order chi connectivity index (χ0) is 13.2. The van der Waals surface area contributed by atoms with Gasteiger partial charge in [-0.25, -0.2) is 0 Å². The quantitative estimate of drug-likeness (QED) is 0.596. The van der Waals surface area contributed by atoms with Crippen LogP contribution >= 0.6 is 0 Å². The highest BCUT2D eigenvalue weighted by Crippen LogP contribution is 2.29. The van der Waals surface area contributed by atoms with E-state index in [1.165, 1.54) is 0 Å². The Morgan fingerprint density at radius 1 is 1.35 bits per heavy atom. The van der Waals surface area contributed by atoms with Crippen molar-refractivity contribution in [3.8, 4) is 0 Å². The van der Waals surface area contributed by atoms with Crippen LogP contribution in [0.3, 0.4) is 0 Å². The summed E-state index contributed by atoms with van der Waals surface area (Å²) in [6, 6.07) is 0. The molecule has 0 aliphatic carbocycles. The second-order valence-corrected chi connectivity index (χ2v) is 5.21. The molecule has 3 nitrogen and oxygen atoms in total. The number of nitrogens with one attached hydrogen (secondary N) is 1. The molecule has 1 aliphatic heterocycles. The molecular weight excluding hydrogens is 231 g/mol. The minimum absolute atomic E-state index is 0.187. The summed E-state index contributed by atoms with van der Waals surface area (Å²) in [6.07, 6.45) is -3.37. The fourth-order valence-electron chi connectivity index (χ4n) is 2.58. The van der Waals surface area contributed by atoms with Crippen molar-refractivity contribution in [2.24, 2.45) is 23.5 Å². The first-order valence-electron chi connectivity index (χ1n) is 5.83. The van der Waals surface area contributed by atoms with Gasteiger partial charge in [-0.05, 0) is 18.3 Å². The van der Waals surface area contributed by atoms with E-state index in [-0.39, 0.29) is 6.54 Å². The summed E-state index contributed by atoms with van der Waals surface area (Å²) >= 11 is 0. The van der Waals surface area contributed by atoms with Crippen molar-refractivity contribution < 1.29 is 13.2 Å². The minimum atomic E-state index is -4.42. The number of nitrogens with zero attached hydrogens (tertiary/aromatic N) is 1. The molecule has 100 valence electrons. The van der Waals surface area contributed by atoms with Gasteiger partial charge in [-0.2, -0.15) is 13.2 Å². The molecule has 0 aromatic heterocycles. The first kappa shape index (κ1) is 14.3. The number of piperidine rings is 1. The number of rotatable bonds is 3. The fraction of sp³-hybridized carbons (Fsp3) is 0.909. The predicted molar refractivity (Wildman–Crippen MR) is 60.8 cm³/mol. The third-order valence-corrected chi connectivity index (χ3v) is 3.16. The van der Waals surface area contributed by atoms with Crippen LogP contribution in [0.25, 0.3) is 0 Å². The summed E-state index contributed by atoms with van der Waals surface area (Å²) in [6.45, 7) is 5.21. The summed E-state index contributed by atoms with van der Waals surface area (Å²) in [4.78, 5) is 1.78. The molecule has 1 saturated heterocycles. The number of likely N-dealkylation sites (tertiary alicyclic amines) is 1. The highest BCUT2D eigenvalue weighted by molar-refractivity contribution is 5.80. The van der Waals surface area contributed by atoms with Crippen LogP contribution in [0.2, 0.25) is 0 Å². The standard InChI is InChI=1S/C11H20F3N3/c1-7-3-8(2)5-17(4-7)6-9(10(15)16)11(12,13)14/h7-9H,3-6H2,1-2H3,(H3,15,16). The average Bonchev–Trinajstić information content (AvgIpc) is 2.10. The van der Waals surface area contributed by atoms with Crippen molar-refractivity contribution in [2.75, 3.05) is 19.6 Å². The molecule has 0 spiro atoms. The van der Waals surface area contributed by atoms with Crippen molar-refractivity contribution in [3.63, 3.8) is 0 Å². The van der Waals surface area contributed by atoms with Gasteiger partial charge in [-0.3, -0.25) is 5.41 Å². The van der Waals surface area contributed by atoms with E-state index in [9.17, 15) is 13.2 Å². The van der Waals surface area contributed by atoms with Gasteiger partial charge in [0.05, 0.1) is 0 Å². The lowest BCUT2D eigenvalue weighted by molar-refractivity contribution is -0.161. The van der Waals surface area contributed by atoms with Crippen molar-refractivity contribution in [1.82, 2.24) is 4.90 Å². The molecule has 1 aliphatic rings. The van der Waals surface area contributed by atoms with Gasteiger partial charge in [0.25, 0.3) is 0 Å². The SMILES string of the molecule is CC1CC(C)CN(CC(C(=N)N)C(F)(F)F)C1. The van der Waals surface area contributed by atoms with Crippen LogP contribution in [0.15, 0.2) is 0 Å². The van der Waals surface area contributed by atoms with Crippen LogP contribution in [-0.2, 0) is 0 Å². The molecule has 3 unspecified atom stereocenters. The number of alkyl halides is 3. The Morgan fingerprint density at radius 2 is 1.82 bits per heavy atom. The van der Waals surface area contributed by atoms with Crippen LogP contribution < -0.4 is 5.73 Å². The monoisotopic (exact) mass is 251 g/mol. The summed E-state index contributed by atoms with van der Waals surface area (Å²) in [5, 5.41) is 7.06. The molecule has 3 N–H and O–H groups in total. The maximum atomic E-state index is 12.7. The first-order valence-corrected chi connectivity index (χ1v) is 5.83. The number of hydrogen-bond acceptors (Lipinski definition) is 2. The smallest absolute Gasteiger partial charge is 0.387 e. The lowest BCUT2D eigenvalue weighted by atomic mass is 9.91. The Balaban J connectivity index is 2.64. The van der Waals surface area contributed by atoms with E-state index >= 15 is 0 Å². The average molecular weight is 251 g/mol. The van der Waals surface area contributed by atoms with Crippen LogP contribution in [0, 0.1) is 23.2 Å². The van der Waals surface area contributed by atoms with Crippen molar-refractivity contribution >= 4 is 5.84 Å². The minimum Gasteiger partial charge on any atom is -0.387 e. The molecule has 1 heterocycles. The summed E-state index contributed by atoms with van der Waals surface area (Å²) in [7, 11) is 0. The molecule has 1 rings (SSSR count). The lowest BCUT2D eigenvalue weighted by Crippen LogP contribution is -2.48. The third-order valence-electron chi connectivity index (χ3n) is 3.16. The Bertz CT molecular complexity index is 268. The van der Waals surface area contributed by atoms with E-state index in [0.29, 0.717) is 24.9 Å². The predicted octanol–water partition coefficient (Wildman–Crippen LogP) is 2.08. The normalized spacial score (nSPS) is 29.0. The Labute approximate surface area is 99.7 Å². The van der Waals surface area contributed by atoms with Crippen molar-refractivity contribution in [3.05, 3.63) is 0 Å². The molecule has 0 aromatic rings. The van der Waals surface area contributed by atoms with Gasteiger partial charge in [0, 0.05) is 19.6 Å². The van der Waals surface area contributed by atoms with E-state index in [2.05, 4.69) is 0 Å². The third kappa shape index (κ3) is 4.18. The van der Waals surface area contributed by atoms with Crippen LogP contribution in [0.5, 0.6) is 0 Å². The number of nitrogens with two attached hydrogens (primary N) is 1. The van der Waals surface area contributed by atoms with Gasteiger partial charge in [0.2, 0.25) is 0 Å². The molecule has 6 heteroatoms. The Kier molecular flexibility index (Phi) is 4.41. The van der Waals surface area contributed by atoms with E-state index < -0.39 is 17.9 Å². The molecule has 0 bridgehead atoms. The van der Waals surface area contributed by atoms with Crippen LogP contribution in [-0.4, -0.2) is 36.5 Å². The largest absolute Gasteiger partial charge is 0.399 e. The second kappa shape index (κ2) is 5.25. The van der Waals surface area contributed by atoms with Gasteiger partial charge in [-0.15, -0.1) is 0 Å². The van der Waals surface area contributed by atoms with E-state index in [4.69, 9.17) is 11.1 Å². The molecule has 0 aromatic carbocycles. The van der Waals surface area contributed by atoms with Crippen LogP contribution in [0.1, 0.15) is 20.3 Å². The van der Waals surface area contributed by atoms with Gasteiger partial charge in [0.15, 0.2) is 0 Å². The van der Waals surface area contributed by atoms with E-state index in [1.807, 2.05) is 13.8 Å². The van der Waals surface area contributed by atoms with E-state index in [0.717, 1.165) is 6.42 Å². The molecule has 1 fully saturated rings.